The fourth-order valence-electron chi connectivity index (χ4n) is 2.57. The Hall–Kier alpha value is -2.75. The van der Waals surface area contributed by atoms with Crippen molar-refractivity contribution in [3.05, 3.63) is 64.7 Å². The molecular weight excluding hydrogens is 292 g/mol. The number of hydrogen-bond acceptors (Lipinski definition) is 4. The number of aryl methyl sites for hydroxylation is 1. The number of hydrogen-bond donors (Lipinski definition) is 0. The highest BCUT2D eigenvalue weighted by Crippen LogP contribution is 2.31. The number of benzene rings is 2. The summed E-state index contributed by atoms with van der Waals surface area (Å²) in [5.41, 5.74) is 2.24. The summed E-state index contributed by atoms with van der Waals surface area (Å²) in [7, 11) is 0. The van der Waals surface area contributed by atoms with Crippen LogP contribution in [0, 0.1) is 6.92 Å². The Morgan fingerprint density at radius 1 is 1.04 bits per heavy atom. The van der Waals surface area contributed by atoms with Gasteiger partial charge in [0.2, 0.25) is 17.7 Å². The standard InChI is InChI=1S/C19H16O4/c1-3-15(20)13-8-9-16-14(10-13)18(22)19(23-16)17(21)12-6-4-11(2)5-7-12/h4-10,19H,3H2,1-2H3. The highest BCUT2D eigenvalue weighted by Gasteiger charge is 2.38. The minimum Gasteiger partial charge on any atom is -0.473 e. The fourth-order valence-corrected chi connectivity index (χ4v) is 2.57. The molecule has 1 aliphatic rings. The number of fused-ring (bicyclic) bond motifs is 1. The zero-order chi connectivity index (χ0) is 16.6. The van der Waals surface area contributed by atoms with E-state index >= 15 is 0 Å². The first-order valence-electron chi connectivity index (χ1n) is 7.50. The fraction of sp³-hybridized carbons (Fsp3) is 0.211. The summed E-state index contributed by atoms with van der Waals surface area (Å²) in [4.78, 5) is 36.8. The molecule has 0 saturated heterocycles. The summed E-state index contributed by atoms with van der Waals surface area (Å²) in [6.07, 6.45) is -0.806. The van der Waals surface area contributed by atoms with Crippen LogP contribution in [0.2, 0.25) is 0 Å². The summed E-state index contributed by atoms with van der Waals surface area (Å²) in [5, 5.41) is 0. The molecule has 0 amide bonds. The van der Waals surface area contributed by atoms with Crippen LogP contribution in [0.1, 0.15) is 50.0 Å². The average molecular weight is 308 g/mol. The highest BCUT2D eigenvalue weighted by atomic mass is 16.5. The Balaban J connectivity index is 1.90. The summed E-state index contributed by atoms with van der Waals surface area (Å²) >= 11 is 0. The molecule has 1 aliphatic heterocycles. The number of ketones is 3. The third kappa shape index (κ3) is 2.68. The molecule has 2 aromatic carbocycles. The van der Waals surface area contributed by atoms with Gasteiger partial charge in [-0.1, -0.05) is 36.8 Å². The van der Waals surface area contributed by atoms with Gasteiger partial charge in [-0.3, -0.25) is 14.4 Å². The van der Waals surface area contributed by atoms with Crippen LogP contribution >= 0.6 is 0 Å². The topological polar surface area (TPSA) is 60.4 Å². The normalized spacial score (nSPS) is 15.9. The second-order valence-electron chi connectivity index (χ2n) is 5.58. The van der Waals surface area contributed by atoms with Crippen LogP contribution in [0.5, 0.6) is 5.75 Å². The monoisotopic (exact) mass is 308 g/mol. The van der Waals surface area contributed by atoms with Crippen LogP contribution < -0.4 is 4.74 Å². The van der Waals surface area contributed by atoms with Crippen molar-refractivity contribution >= 4 is 17.3 Å². The molecule has 23 heavy (non-hydrogen) atoms. The van der Waals surface area contributed by atoms with Gasteiger partial charge in [-0.05, 0) is 25.1 Å². The Bertz CT molecular complexity index is 803. The Kier molecular flexibility index (Phi) is 3.82. The van der Waals surface area contributed by atoms with E-state index in [1.54, 1.807) is 31.2 Å². The molecule has 1 atom stereocenters. The molecule has 0 bridgehead atoms. The number of carbonyl (C=O) groups excluding carboxylic acids is 3. The van der Waals surface area contributed by atoms with Crippen molar-refractivity contribution in [1.29, 1.82) is 0 Å². The van der Waals surface area contributed by atoms with Crippen LogP contribution in [0.4, 0.5) is 0 Å². The molecule has 4 heteroatoms. The van der Waals surface area contributed by atoms with Crippen molar-refractivity contribution in [2.45, 2.75) is 26.4 Å². The summed E-state index contributed by atoms with van der Waals surface area (Å²) in [6.45, 7) is 3.69. The van der Waals surface area contributed by atoms with Gasteiger partial charge >= 0.3 is 0 Å². The molecule has 3 rings (SSSR count). The minimum atomic E-state index is -1.17. The van der Waals surface area contributed by atoms with Gasteiger partial charge in [0.25, 0.3) is 0 Å². The summed E-state index contributed by atoms with van der Waals surface area (Å²) < 4.78 is 5.52. The molecule has 0 aliphatic carbocycles. The van der Waals surface area contributed by atoms with Crippen molar-refractivity contribution in [3.63, 3.8) is 0 Å². The van der Waals surface area contributed by atoms with Crippen molar-refractivity contribution in [1.82, 2.24) is 0 Å². The summed E-state index contributed by atoms with van der Waals surface area (Å²) in [5.74, 6) is -0.451. The van der Waals surface area contributed by atoms with Crippen LogP contribution in [0.3, 0.4) is 0 Å². The number of rotatable bonds is 4. The van der Waals surface area contributed by atoms with E-state index in [4.69, 9.17) is 4.74 Å². The van der Waals surface area contributed by atoms with E-state index < -0.39 is 11.9 Å². The van der Waals surface area contributed by atoms with E-state index in [0.29, 0.717) is 28.9 Å². The molecule has 0 N–H and O–H groups in total. The molecular formula is C19H16O4. The third-order valence-corrected chi connectivity index (χ3v) is 3.95. The minimum absolute atomic E-state index is 0.0473. The molecule has 116 valence electrons. The van der Waals surface area contributed by atoms with Gasteiger partial charge in [-0.25, -0.2) is 0 Å². The Labute approximate surface area is 134 Å². The molecule has 0 spiro atoms. The molecule has 4 nitrogen and oxygen atoms in total. The van der Waals surface area contributed by atoms with Crippen LogP contribution in [0.25, 0.3) is 0 Å². The zero-order valence-corrected chi connectivity index (χ0v) is 13.0. The molecule has 0 aromatic heterocycles. The Morgan fingerprint density at radius 2 is 1.70 bits per heavy atom. The van der Waals surface area contributed by atoms with Gasteiger partial charge < -0.3 is 4.74 Å². The third-order valence-electron chi connectivity index (χ3n) is 3.95. The molecule has 1 heterocycles. The molecule has 1 unspecified atom stereocenters. The lowest BCUT2D eigenvalue weighted by molar-refractivity contribution is 0.0720. The summed E-state index contributed by atoms with van der Waals surface area (Å²) in [6, 6.07) is 11.7. The van der Waals surface area contributed by atoms with E-state index in [1.165, 1.54) is 6.07 Å². The van der Waals surface area contributed by atoms with Crippen LogP contribution in [-0.4, -0.2) is 23.5 Å². The lowest BCUT2D eigenvalue weighted by Gasteiger charge is -2.08. The highest BCUT2D eigenvalue weighted by molar-refractivity contribution is 6.21. The van der Waals surface area contributed by atoms with Crippen molar-refractivity contribution < 1.29 is 19.1 Å². The van der Waals surface area contributed by atoms with E-state index in [1.807, 2.05) is 19.1 Å². The van der Waals surface area contributed by atoms with Gasteiger partial charge in [0, 0.05) is 17.5 Å². The second-order valence-corrected chi connectivity index (χ2v) is 5.58. The van der Waals surface area contributed by atoms with Crippen molar-refractivity contribution in [3.8, 4) is 5.75 Å². The molecule has 0 radical (unpaired) electrons. The SMILES string of the molecule is CCC(=O)c1ccc2c(c1)C(=O)C(C(=O)c1ccc(C)cc1)O2. The predicted molar refractivity (Wildman–Crippen MR) is 85.3 cm³/mol. The van der Waals surface area contributed by atoms with Crippen LogP contribution in [0.15, 0.2) is 42.5 Å². The molecule has 2 aromatic rings. The zero-order valence-electron chi connectivity index (χ0n) is 13.0. The number of ether oxygens (including phenoxy) is 1. The second kappa shape index (κ2) is 5.80. The van der Waals surface area contributed by atoms with E-state index in [-0.39, 0.29) is 11.6 Å². The van der Waals surface area contributed by atoms with Crippen LogP contribution in [-0.2, 0) is 0 Å². The maximum absolute atomic E-state index is 12.5. The van der Waals surface area contributed by atoms with E-state index in [0.717, 1.165) is 5.56 Å². The van der Waals surface area contributed by atoms with Crippen molar-refractivity contribution in [2.24, 2.45) is 0 Å². The van der Waals surface area contributed by atoms with E-state index in [2.05, 4.69) is 0 Å². The van der Waals surface area contributed by atoms with Crippen molar-refractivity contribution in [2.75, 3.05) is 0 Å². The van der Waals surface area contributed by atoms with Gasteiger partial charge in [-0.2, -0.15) is 0 Å². The van der Waals surface area contributed by atoms with Gasteiger partial charge in [-0.15, -0.1) is 0 Å². The maximum atomic E-state index is 12.5. The number of carbonyl (C=O) groups is 3. The average Bonchev–Trinajstić information content (AvgIpc) is 2.90. The smallest absolute Gasteiger partial charge is 0.224 e. The maximum Gasteiger partial charge on any atom is 0.224 e. The predicted octanol–water partition coefficient (Wildman–Crippen LogP) is 3.41. The largest absolute Gasteiger partial charge is 0.473 e. The van der Waals surface area contributed by atoms with Gasteiger partial charge in [0.05, 0.1) is 5.56 Å². The Morgan fingerprint density at radius 3 is 2.35 bits per heavy atom. The first-order valence-corrected chi connectivity index (χ1v) is 7.50. The molecule has 0 fully saturated rings. The quantitative estimate of drug-likeness (QED) is 0.641. The number of Topliss-reactive ketones (excluding diaryl/α,β-unsaturated/α-hetero) is 3. The lowest BCUT2D eigenvalue weighted by atomic mass is 9.98. The first kappa shape index (κ1) is 15.2. The lowest BCUT2D eigenvalue weighted by Crippen LogP contribution is -2.30. The first-order chi connectivity index (χ1) is 11.0. The van der Waals surface area contributed by atoms with E-state index in [9.17, 15) is 14.4 Å². The van der Waals surface area contributed by atoms with Gasteiger partial charge in [0.15, 0.2) is 5.78 Å². The molecule has 0 saturated carbocycles. The van der Waals surface area contributed by atoms with Gasteiger partial charge in [0.1, 0.15) is 5.75 Å².